The zero-order valence-corrected chi connectivity index (χ0v) is 5.75. The second-order valence-corrected chi connectivity index (χ2v) is 2.57. The molecule has 0 aromatic carbocycles. The van der Waals surface area contributed by atoms with E-state index in [1.54, 1.807) is 7.05 Å². The van der Waals surface area contributed by atoms with Gasteiger partial charge in [0.05, 0.1) is 0 Å². The second kappa shape index (κ2) is 2.54. The van der Waals surface area contributed by atoms with E-state index in [9.17, 15) is 9.18 Å². The van der Waals surface area contributed by atoms with Gasteiger partial charge in [0.15, 0.2) is 0 Å². The Bertz CT molecular complexity index is 141. The van der Waals surface area contributed by atoms with Gasteiger partial charge in [-0.3, -0.25) is 9.69 Å². The summed E-state index contributed by atoms with van der Waals surface area (Å²) in [5.74, 6) is -1.06. The van der Waals surface area contributed by atoms with E-state index in [4.69, 9.17) is 5.11 Å². The van der Waals surface area contributed by atoms with Crippen LogP contribution in [0.25, 0.3) is 0 Å². The molecule has 1 heterocycles. The highest BCUT2D eigenvalue weighted by Crippen LogP contribution is 2.18. The molecule has 10 heavy (non-hydrogen) atoms. The van der Waals surface area contributed by atoms with Crippen molar-refractivity contribution in [2.75, 3.05) is 13.6 Å². The lowest BCUT2D eigenvalue weighted by molar-refractivity contribution is -0.143. The van der Waals surface area contributed by atoms with Gasteiger partial charge in [-0.25, -0.2) is 4.39 Å². The number of nitrogens with zero attached hydrogens (tertiary/aromatic N) is 1. The van der Waals surface area contributed by atoms with Gasteiger partial charge in [0.2, 0.25) is 0 Å². The van der Waals surface area contributed by atoms with Crippen LogP contribution in [0.1, 0.15) is 6.42 Å². The molecule has 1 saturated heterocycles. The molecule has 0 radical (unpaired) electrons. The molecule has 3 nitrogen and oxygen atoms in total. The van der Waals surface area contributed by atoms with E-state index in [-0.39, 0.29) is 0 Å². The van der Waals surface area contributed by atoms with Gasteiger partial charge in [-0.1, -0.05) is 0 Å². The maximum Gasteiger partial charge on any atom is 0.323 e. The molecular weight excluding hydrogens is 137 g/mol. The molecule has 2 atom stereocenters. The van der Waals surface area contributed by atoms with Gasteiger partial charge in [-0.2, -0.15) is 0 Å². The number of aliphatic carboxylic acids is 1. The highest BCUT2D eigenvalue weighted by Gasteiger charge is 2.37. The molecule has 1 rings (SSSR count). The van der Waals surface area contributed by atoms with E-state index in [1.165, 1.54) is 4.90 Å². The third kappa shape index (κ3) is 1.11. The Hall–Kier alpha value is -0.640. The normalized spacial score (nSPS) is 34.6. The van der Waals surface area contributed by atoms with Crippen LogP contribution in [0.4, 0.5) is 4.39 Å². The molecule has 1 N–H and O–H groups in total. The van der Waals surface area contributed by atoms with Gasteiger partial charge >= 0.3 is 5.97 Å². The minimum absolute atomic E-state index is 0.341. The first kappa shape index (κ1) is 7.47. The first-order valence-electron chi connectivity index (χ1n) is 3.20. The minimum atomic E-state index is -1.19. The molecule has 0 aromatic heterocycles. The van der Waals surface area contributed by atoms with Crippen LogP contribution in [-0.2, 0) is 4.79 Å². The van der Waals surface area contributed by atoms with Crippen LogP contribution in [0.15, 0.2) is 0 Å². The number of hydrogen-bond acceptors (Lipinski definition) is 2. The lowest BCUT2D eigenvalue weighted by Gasteiger charge is -2.15. The number of likely N-dealkylation sites (N-methyl/N-ethyl adjacent to an activating group) is 1. The Kier molecular flexibility index (Phi) is 1.89. The highest BCUT2D eigenvalue weighted by molar-refractivity contribution is 5.74. The van der Waals surface area contributed by atoms with Crippen LogP contribution in [0.5, 0.6) is 0 Å². The molecule has 1 aliphatic rings. The number of carboxylic acids is 1. The minimum Gasteiger partial charge on any atom is -0.480 e. The summed E-state index contributed by atoms with van der Waals surface area (Å²) in [4.78, 5) is 11.9. The zero-order chi connectivity index (χ0) is 7.72. The number of rotatable bonds is 1. The number of alkyl halides is 1. The van der Waals surface area contributed by atoms with Crippen molar-refractivity contribution in [3.8, 4) is 0 Å². The molecule has 1 fully saturated rings. The summed E-state index contributed by atoms with van der Waals surface area (Å²) < 4.78 is 12.7. The van der Waals surface area contributed by atoms with Crippen molar-refractivity contribution in [1.82, 2.24) is 4.90 Å². The lowest BCUT2D eigenvalue weighted by atomic mass is 10.2. The molecule has 0 aliphatic carbocycles. The zero-order valence-electron chi connectivity index (χ0n) is 5.75. The summed E-state index contributed by atoms with van der Waals surface area (Å²) in [6.45, 7) is 0.540. The van der Waals surface area contributed by atoms with Crippen LogP contribution in [0, 0.1) is 0 Å². The number of halogens is 1. The van der Waals surface area contributed by atoms with Crippen molar-refractivity contribution >= 4 is 5.97 Å². The van der Waals surface area contributed by atoms with Crippen LogP contribution in [0.2, 0.25) is 0 Å². The molecule has 0 saturated carbocycles. The maximum atomic E-state index is 12.7. The Morgan fingerprint density at radius 2 is 2.40 bits per heavy atom. The van der Waals surface area contributed by atoms with E-state index in [1.807, 2.05) is 0 Å². The molecule has 0 spiro atoms. The summed E-state index contributed by atoms with van der Waals surface area (Å²) >= 11 is 0. The fourth-order valence-electron chi connectivity index (χ4n) is 1.24. The fourth-order valence-corrected chi connectivity index (χ4v) is 1.24. The van der Waals surface area contributed by atoms with E-state index >= 15 is 0 Å². The molecule has 0 bridgehead atoms. The number of likely N-dealkylation sites (tertiary alicyclic amines) is 1. The molecule has 4 heteroatoms. The Morgan fingerprint density at radius 3 is 2.60 bits per heavy atom. The van der Waals surface area contributed by atoms with Gasteiger partial charge in [-0.15, -0.1) is 0 Å². The van der Waals surface area contributed by atoms with Gasteiger partial charge < -0.3 is 5.11 Å². The number of carbonyl (C=O) groups is 1. The summed E-state index contributed by atoms with van der Waals surface area (Å²) in [6.07, 6.45) is -0.851. The van der Waals surface area contributed by atoms with Crippen molar-refractivity contribution in [3.05, 3.63) is 0 Å². The van der Waals surface area contributed by atoms with Gasteiger partial charge in [0, 0.05) is 6.54 Å². The summed E-state index contributed by atoms with van der Waals surface area (Å²) in [5, 5.41) is 8.47. The predicted molar refractivity (Wildman–Crippen MR) is 33.6 cm³/mol. The number of carboxylic acid groups (broad SMARTS) is 1. The van der Waals surface area contributed by atoms with E-state index in [0.717, 1.165) is 0 Å². The molecule has 0 aromatic rings. The van der Waals surface area contributed by atoms with Crippen molar-refractivity contribution in [2.24, 2.45) is 0 Å². The van der Waals surface area contributed by atoms with Crippen LogP contribution in [-0.4, -0.2) is 41.8 Å². The maximum absolute atomic E-state index is 12.7. The van der Waals surface area contributed by atoms with Gasteiger partial charge in [0.25, 0.3) is 0 Å². The SMILES string of the molecule is CN1CC[C@@H](F)[C@H]1C(=O)O. The Labute approximate surface area is 58.4 Å². The summed E-state index contributed by atoms with van der Waals surface area (Å²) in [5.41, 5.74) is 0. The van der Waals surface area contributed by atoms with Crippen LogP contribution in [0.3, 0.4) is 0 Å². The van der Waals surface area contributed by atoms with E-state index in [2.05, 4.69) is 0 Å². The van der Waals surface area contributed by atoms with Crippen molar-refractivity contribution in [1.29, 1.82) is 0 Å². The van der Waals surface area contributed by atoms with Gasteiger partial charge in [-0.05, 0) is 13.5 Å². The Morgan fingerprint density at radius 1 is 1.80 bits per heavy atom. The first-order chi connectivity index (χ1) is 4.63. The van der Waals surface area contributed by atoms with E-state index in [0.29, 0.717) is 13.0 Å². The topological polar surface area (TPSA) is 40.5 Å². The average Bonchev–Trinajstić information content (AvgIpc) is 2.11. The monoisotopic (exact) mass is 147 g/mol. The quantitative estimate of drug-likeness (QED) is 0.572. The smallest absolute Gasteiger partial charge is 0.323 e. The van der Waals surface area contributed by atoms with Crippen LogP contribution < -0.4 is 0 Å². The van der Waals surface area contributed by atoms with Gasteiger partial charge in [0.1, 0.15) is 12.2 Å². The van der Waals surface area contributed by atoms with Crippen molar-refractivity contribution < 1.29 is 14.3 Å². The third-order valence-corrected chi connectivity index (χ3v) is 1.83. The molecule has 0 unspecified atom stereocenters. The largest absolute Gasteiger partial charge is 0.480 e. The molecule has 58 valence electrons. The Balaban J connectivity index is 2.63. The number of hydrogen-bond donors (Lipinski definition) is 1. The lowest BCUT2D eigenvalue weighted by Crippen LogP contribution is -2.37. The molecule has 1 aliphatic heterocycles. The van der Waals surface area contributed by atoms with Crippen molar-refractivity contribution in [2.45, 2.75) is 18.6 Å². The second-order valence-electron chi connectivity index (χ2n) is 2.57. The first-order valence-corrected chi connectivity index (χ1v) is 3.20. The standard InChI is InChI=1S/C6H10FNO2/c1-8-3-2-4(7)5(8)6(9)10/h4-5H,2-3H2,1H3,(H,9,10)/t4-,5+/m1/s1. The van der Waals surface area contributed by atoms with Crippen LogP contribution >= 0.6 is 0 Å². The third-order valence-electron chi connectivity index (χ3n) is 1.83. The average molecular weight is 147 g/mol. The predicted octanol–water partition coefficient (Wildman–Crippen LogP) is 0.113. The fraction of sp³-hybridized carbons (Fsp3) is 0.833. The van der Waals surface area contributed by atoms with E-state index < -0.39 is 18.2 Å². The molecular formula is C6H10FNO2. The highest BCUT2D eigenvalue weighted by atomic mass is 19.1. The van der Waals surface area contributed by atoms with Crippen molar-refractivity contribution in [3.63, 3.8) is 0 Å². The summed E-state index contributed by atoms with van der Waals surface area (Å²) in [7, 11) is 1.62. The summed E-state index contributed by atoms with van der Waals surface area (Å²) in [6, 6.07) is -0.917. The molecule has 0 amide bonds.